The van der Waals surface area contributed by atoms with Crippen LogP contribution >= 0.6 is 0 Å². The molecule has 1 aliphatic carbocycles. The number of terminal acetylenes is 1. The van der Waals surface area contributed by atoms with E-state index in [-0.39, 0.29) is 11.7 Å². The van der Waals surface area contributed by atoms with Crippen LogP contribution in [0.1, 0.15) is 94.4 Å². The average molecular weight is 426 g/mol. The van der Waals surface area contributed by atoms with Gasteiger partial charge in [0.25, 0.3) is 5.91 Å². The van der Waals surface area contributed by atoms with Crippen LogP contribution in [-0.2, 0) is 0 Å². The standard InChI is InChI=1S/C22H29NO2.2C2H6.C2H2/c1-4-16-10-12-17(13-11-16)15-23-22(25)20-9-7-8-19(14-20)21(24)18(5-2)6-3;3*1-2/h5-9,14,16-17H,2,4,10-13,15H2,1,3H3,(H,23,25);2*1-2H3;1-2H/b18-6+;;;. The predicted octanol–water partition coefficient (Wildman–Crippen LogP) is 7.25. The third-order valence-corrected chi connectivity index (χ3v) is 5.28. The topological polar surface area (TPSA) is 46.2 Å². The summed E-state index contributed by atoms with van der Waals surface area (Å²) >= 11 is 0. The van der Waals surface area contributed by atoms with Crippen LogP contribution in [0.3, 0.4) is 0 Å². The molecule has 0 aliphatic heterocycles. The number of allylic oxidation sites excluding steroid dienone is 3. The Labute approximate surface area is 191 Å². The van der Waals surface area contributed by atoms with Gasteiger partial charge in [-0.05, 0) is 43.7 Å². The molecule has 0 bridgehead atoms. The molecule has 1 amide bonds. The molecule has 3 nitrogen and oxygen atoms in total. The molecule has 1 fully saturated rings. The largest absolute Gasteiger partial charge is 0.352 e. The molecule has 1 aromatic rings. The van der Waals surface area contributed by atoms with Gasteiger partial charge in [0.2, 0.25) is 0 Å². The molecule has 31 heavy (non-hydrogen) atoms. The summed E-state index contributed by atoms with van der Waals surface area (Å²) in [4.78, 5) is 24.8. The Morgan fingerprint density at radius 3 is 2.03 bits per heavy atom. The second-order valence-electron chi connectivity index (χ2n) is 6.86. The zero-order valence-corrected chi connectivity index (χ0v) is 20.5. The van der Waals surface area contributed by atoms with Crippen LogP contribution < -0.4 is 5.32 Å². The highest BCUT2D eigenvalue weighted by atomic mass is 16.1. The van der Waals surface area contributed by atoms with Gasteiger partial charge in [0.1, 0.15) is 0 Å². The molecule has 0 saturated heterocycles. The smallest absolute Gasteiger partial charge is 0.251 e. The van der Waals surface area contributed by atoms with E-state index in [1.165, 1.54) is 32.1 Å². The molecule has 0 radical (unpaired) electrons. The van der Waals surface area contributed by atoms with Crippen molar-refractivity contribution in [3.05, 3.63) is 59.7 Å². The molecular weight excluding hydrogens is 382 g/mol. The Morgan fingerprint density at radius 2 is 1.55 bits per heavy atom. The number of ketones is 1. The highest BCUT2D eigenvalue weighted by molar-refractivity contribution is 6.11. The number of benzene rings is 1. The summed E-state index contributed by atoms with van der Waals surface area (Å²) in [6, 6.07) is 6.91. The molecule has 0 heterocycles. The summed E-state index contributed by atoms with van der Waals surface area (Å²) in [7, 11) is 0. The number of Topliss-reactive ketones (excluding diaryl/α,β-unsaturated/α-hetero) is 1. The molecule has 2 rings (SSSR count). The summed E-state index contributed by atoms with van der Waals surface area (Å²) in [5.41, 5.74) is 1.60. The lowest BCUT2D eigenvalue weighted by atomic mass is 9.81. The van der Waals surface area contributed by atoms with Gasteiger partial charge in [-0.2, -0.15) is 0 Å². The van der Waals surface area contributed by atoms with Crippen LogP contribution in [0.25, 0.3) is 0 Å². The Hall–Kier alpha value is -2.60. The van der Waals surface area contributed by atoms with Gasteiger partial charge in [-0.1, -0.05) is 84.7 Å². The van der Waals surface area contributed by atoms with Gasteiger partial charge in [0.15, 0.2) is 5.78 Å². The maximum Gasteiger partial charge on any atom is 0.251 e. The third kappa shape index (κ3) is 10.8. The van der Waals surface area contributed by atoms with Crippen LogP contribution in [0.4, 0.5) is 0 Å². The lowest BCUT2D eigenvalue weighted by Gasteiger charge is -2.27. The maximum absolute atomic E-state index is 12.4. The number of hydrogen-bond acceptors (Lipinski definition) is 2. The molecule has 0 spiro atoms. The number of nitrogens with one attached hydrogen (secondary N) is 1. The highest BCUT2D eigenvalue weighted by Crippen LogP contribution is 2.30. The van der Waals surface area contributed by atoms with Crippen molar-refractivity contribution in [2.75, 3.05) is 6.54 Å². The van der Waals surface area contributed by atoms with E-state index in [0.717, 1.165) is 12.5 Å². The van der Waals surface area contributed by atoms with E-state index in [1.807, 2.05) is 27.7 Å². The van der Waals surface area contributed by atoms with Crippen LogP contribution in [0.2, 0.25) is 0 Å². The van der Waals surface area contributed by atoms with Crippen LogP contribution in [-0.4, -0.2) is 18.2 Å². The Bertz CT molecular complexity index is 692. The minimum atomic E-state index is -0.106. The zero-order chi connectivity index (χ0) is 24.2. The molecule has 0 unspecified atom stereocenters. The van der Waals surface area contributed by atoms with Crippen molar-refractivity contribution in [2.24, 2.45) is 11.8 Å². The highest BCUT2D eigenvalue weighted by Gasteiger charge is 2.20. The van der Waals surface area contributed by atoms with Crippen molar-refractivity contribution in [1.82, 2.24) is 5.32 Å². The number of rotatable bonds is 7. The van der Waals surface area contributed by atoms with Gasteiger partial charge in [-0.15, -0.1) is 12.8 Å². The van der Waals surface area contributed by atoms with Gasteiger partial charge in [-0.3, -0.25) is 9.59 Å². The Balaban J connectivity index is 0. The molecule has 1 aliphatic rings. The second-order valence-corrected chi connectivity index (χ2v) is 6.86. The number of hydrogen-bond donors (Lipinski definition) is 1. The van der Waals surface area contributed by atoms with Crippen molar-refractivity contribution in [2.45, 2.75) is 73.6 Å². The van der Waals surface area contributed by atoms with Gasteiger partial charge in [0, 0.05) is 23.2 Å². The molecule has 0 aromatic heterocycles. The summed E-state index contributed by atoms with van der Waals surface area (Å²) < 4.78 is 0. The number of amides is 1. The van der Waals surface area contributed by atoms with Crippen molar-refractivity contribution in [3.8, 4) is 12.8 Å². The summed E-state index contributed by atoms with van der Waals surface area (Å²) in [5, 5.41) is 3.04. The van der Waals surface area contributed by atoms with Crippen molar-refractivity contribution in [1.29, 1.82) is 0 Å². The molecule has 1 aromatic carbocycles. The SMILES string of the molecule is C#C.C=C/C(=C\C)C(=O)c1cccc(C(=O)NCC2CCC(CC)CC2)c1.CC.CC. The second kappa shape index (κ2) is 19.4. The number of carbonyl (C=O) groups is 2. The van der Waals surface area contributed by atoms with Crippen molar-refractivity contribution in [3.63, 3.8) is 0 Å². The van der Waals surface area contributed by atoms with Gasteiger partial charge >= 0.3 is 0 Å². The first-order chi connectivity index (χ1) is 15.1. The van der Waals surface area contributed by atoms with E-state index in [0.29, 0.717) is 22.6 Å². The first-order valence-electron chi connectivity index (χ1n) is 11.6. The molecule has 1 saturated carbocycles. The van der Waals surface area contributed by atoms with Gasteiger partial charge in [-0.25, -0.2) is 0 Å². The van der Waals surface area contributed by atoms with Crippen LogP contribution in [0, 0.1) is 24.7 Å². The lowest BCUT2D eigenvalue weighted by Crippen LogP contribution is -2.31. The molecule has 172 valence electrons. The van der Waals surface area contributed by atoms with Gasteiger partial charge < -0.3 is 5.32 Å². The fourth-order valence-corrected chi connectivity index (χ4v) is 3.49. The van der Waals surface area contributed by atoms with Crippen molar-refractivity contribution >= 4 is 11.7 Å². The third-order valence-electron chi connectivity index (χ3n) is 5.28. The minimum absolute atomic E-state index is 0.104. The first kappa shape index (κ1) is 30.6. The van der Waals surface area contributed by atoms with E-state index in [4.69, 9.17) is 0 Å². The van der Waals surface area contributed by atoms with E-state index in [2.05, 4.69) is 31.7 Å². The maximum atomic E-state index is 12.4. The molecule has 1 N–H and O–H groups in total. The van der Waals surface area contributed by atoms with Gasteiger partial charge in [0.05, 0.1) is 0 Å². The van der Waals surface area contributed by atoms with Crippen molar-refractivity contribution < 1.29 is 9.59 Å². The minimum Gasteiger partial charge on any atom is -0.352 e. The molecule has 3 heteroatoms. The molecular formula is C28H43NO2. The lowest BCUT2D eigenvalue weighted by molar-refractivity contribution is 0.0941. The predicted molar refractivity (Wildman–Crippen MR) is 135 cm³/mol. The van der Waals surface area contributed by atoms with E-state index >= 15 is 0 Å². The quantitative estimate of drug-likeness (QED) is 0.216. The summed E-state index contributed by atoms with van der Waals surface area (Å²) in [5.74, 6) is 1.23. The first-order valence-corrected chi connectivity index (χ1v) is 11.6. The van der Waals surface area contributed by atoms with E-state index in [9.17, 15) is 9.59 Å². The van der Waals surface area contributed by atoms with Crippen LogP contribution in [0.15, 0.2) is 48.6 Å². The monoisotopic (exact) mass is 425 g/mol. The zero-order valence-electron chi connectivity index (χ0n) is 20.5. The number of carbonyl (C=O) groups excluding carboxylic acids is 2. The van der Waals surface area contributed by atoms with E-state index < -0.39 is 0 Å². The summed E-state index contributed by atoms with van der Waals surface area (Å²) in [6.07, 6.45) is 17.5. The Morgan fingerprint density at radius 1 is 1.03 bits per heavy atom. The summed E-state index contributed by atoms with van der Waals surface area (Å²) in [6.45, 7) is 16.4. The normalized spacial score (nSPS) is 17.2. The fourth-order valence-electron chi connectivity index (χ4n) is 3.49. The average Bonchev–Trinajstić information content (AvgIpc) is 2.87. The Kier molecular flexibility index (Phi) is 19.1. The fraction of sp³-hybridized carbons (Fsp3) is 0.500. The van der Waals surface area contributed by atoms with Crippen LogP contribution in [0.5, 0.6) is 0 Å². The van der Waals surface area contributed by atoms with E-state index in [1.54, 1.807) is 43.3 Å². The molecule has 0 atom stereocenters.